The number of hydrogen-bond acceptors (Lipinski definition) is 2. The van der Waals surface area contributed by atoms with Crippen molar-refractivity contribution < 1.29 is 12.8 Å². The summed E-state index contributed by atoms with van der Waals surface area (Å²) in [5, 5.41) is 1.24. The molecule has 1 aromatic heterocycles. The number of benzene rings is 2. The molecule has 1 fully saturated rings. The summed E-state index contributed by atoms with van der Waals surface area (Å²) < 4.78 is 42.2. The Balaban J connectivity index is 1.64. The SMILES string of the molecule is CCCS(=O)(=O)N1CCC(c2c(C)n(Cc3ccc(F)cc3)c3ccccc23)CC1. The topological polar surface area (TPSA) is 42.3 Å². The smallest absolute Gasteiger partial charge is 0.214 e. The molecule has 1 aliphatic rings. The van der Waals surface area contributed by atoms with Crippen molar-refractivity contribution >= 4 is 20.9 Å². The first-order valence-electron chi connectivity index (χ1n) is 10.7. The molecule has 2 heterocycles. The molecular formula is C24H29FN2O2S. The van der Waals surface area contributed by atoms with Crippen LogP contribution in [0.2, 0.25) is 0 Å². The molecule has 1 saturated heterocycles. The molecule has 4 nitrogen and oxygen atoms in total. The third-order valence-corrected chi connectivity index (χ3v) is 8.33. The largest absolute Gasteiger partial charge is 0.340 e. The second-order valence-corrected chi connectivity index (χ2v) is 10.3. The molecule has 0 bridgehead atoms. The molecule has 1 aliphatic heterocycles. The highest BCUT2D eigenvalue weighted by Crippen LogP contribution is 2.38. The summed E-state index contributed by atoms with van der Waals surface area (Å²) in [7, 11) is -3.13. The van der Waals surface area contributed by atoms with E-state index < -0.39 is 10.0 Å². The van der Waals surface area contributed by atoms with Gasteiger partial charge < -0.3 is 4.57 Å². The van der Waals surface area contributed by atoms with Crippen LogP contribution in [-0.4, -0.2) is 36.1 Å². The van der Waals surface area contributed by atoms with Crippen LogP contribution in [0, 0.1) is 12.7 Å². The Bertz CT molecular complexity index is 1130. The van der Waals surface area contributed by atoms with Gasteiger partial charge in [0.15, 0.2) is 0 Å². The lowest BCUT2D eigenvalue weighted by Crippen LogP contribution is -2.39. The molecule has 0 unspecified atom stereocenters. The Kier molecular flexibility index (Phi) is 5.98. The monoisotopic (exact) mass is 428 g/mol. The maximum absolute atomic E-state index is 13.3. The second kappa shape index (κ2) is 8.52. The van der Waals surface area contributed by atoms with E-state index in [1.807, 2.05) is 25.1 Å². The first kappa shape index (κ1) is 21.1. The average Bonchev–Trinajstić information content (AvgIpc) is 3.01. The van der Waals surface area contributed by atoms with Gasteiger partial charge in [0.25, 0.3) is 0 Å². The fraction of sp³-hybridized carbons (Fsp3) is 0.417. The number of halogens is 1. The van der Waals surface area contributed by atoms with Gasteiger partial charge in [-0.2, -0.15) is 0 Å². The van der Waals surface area contributed by atoms with Gasteiger partial charge in [-0.1, -0.05) is 37.3 Å². The Morgan fingerprint density at radius 3 is 2.37 bits per heavy atom. The van der Waals surface area contributed by atoms with Gasteiger partial charge in [-0.15, -0.1) is 0 Å². The molecule has 2 aromatic carbocycles. The van der Waals surface area contributed by atoms with Gasteiger partial charge in [0.05, 0.1) is 5.75 Å². The van der Waals surface area contributed by atoms with E-state index in [1.54, 1.807) is 4.31 Å². The van der Waals surface area contributed by atoms with Crippen LogP contribution < -0.4 is 0 Å². The van der Waals surface area contributed by atoms with Crippen LogP contribution in [0.1, 0.15) is 48.9 Å². The van der Waals surface area contributed by atoms with Crippen LogP contribution in [0.25, 0.3) is 10.9 Å². The molecule has 0 spiro atoms. The third kappa shape index (κ3) is 4.03. The van der Waals surface area contributed by atoms with Gasteiger partial charge in [-0.25, -0.2) is 17.1 Å². The van der Waals surface area contributed by atoms with Crippen LogP contribution in [-0.2, 0) is 16.6 Å². The Labute approximate surface area is 178 Å². The number of fused-ring (bicyclic) bond motifs is 1. The zero-order valence-electron chi connectivity index (χ0n) is 17.6. The van der Waals surface area contributed by atoms with Crippen LogP contribution in [0.4, 0.5) is 4.39 Å². The Morgan fingerprint density at radius 1 is 1.03 bits per heavy atom. The zero-order valence-corrected chi connectivity index (χ0v) is 18.5. The van der Waals surface area contributed by atoms with Crippen molar-refractivity contribution in [3.63, 3.8) is 0 Å². The molecule has 0 amide bonds. The number of nitrogens with zero attached hydrogens (tertiary/aromatic N) is 2. The zero-order chi connectivity index (χ0) is 21.3. The highest BCUT2D eigenvalue weighted by Gasteiger charge is 2.30. The van der Waals surface area contributed by atoms with Gasteiger partial charge in [0, 0.05) is 36.2 Å². The summed E-state index contributed by atoms with van der Waals surface area (Å²) in [4.78, 5) is 0. The average molecular weight is 429 g/mol. The lowest BCUT2D eigenvalue weighted by Gasteiger charge is -2.31. The molecule has 0 saturated carbocycles. The van der Waals surface area contributed by atoms with Gasteiger partial charge in [0.2, 0.25) is 10.0 Å². The quantitative estimate of drug-likeness (QED) is 0.551. The number of piperidine rings is 1. The molecule has 30 heavy (non-hydrogen) atoms. The van der Waals surface area contributed by atoms with Crippen molar-refractivity contribution in [2.75, 3.05) is 18.8 Å². The molecule has 6 heteroatoms. The normalized spacial score (nSPS) is 16.4. The van der Waals surface area contributed by atoms with Crippen molar-refractivity contribution in [1.29, 1.82) is 0 Å². The predicted molar refractivity (Wildman–Crippen MR) is 120 cm³/mol. The number of para-hydroxylation sites is 1. The summed E-state index contributed by atoms with van der Waals surface area (Å²) in [6.07, 6.45) is 2.33. The summed E-state index contributed by atoms with van der Waals surface area (Å²) in [5.41, 5.74) is 4.79. The molecular weight excluding hydrogens is 399 g/mol. The van der Waals surface area contributed by atoms with Crippen molar-refractivity contribution in [3.05, 3.63) is 71.2 Å². The van der Waals surface area contributed by atoms with E-state index in [0.29, 0.717) is 32.0 Å². The second-order valence-electron chi connectivity index (χ2n) is 8.22. The highest BCUT2D eigenvalue weighted by atomic mass is 32.2. The molecule has 3 aromatic rings. The van der Waals surface area contributed by atoms with E-state index in [-0.39, 0.29) is 11.6 Å². The number of sulfonamides is 1. The van der Waals surface area contributed by atoms with Gasteiger partial charge in [0.1, 0.15) is 5.82 Å². The summed E-state index contributed by atoms with van der Waals surface area (Å²) in [6, 6.07) is 15.1. The lowest BCUT2D eigenvalue weighted by atomic mass is 9.88. The van der Waals surface area contributed by atoms with E-state index >= 15 is 0 Å². The van der Waals surface area contributed by atoms with Crippen molar-refractivity contribution in [3.8, 4) is 0 Å². The summed E-state index contributed by atoms with van der Waals surface area (Å²) in [5.74, 6) is 0.351. The lowest BCUT2D eigenvalue weighted by molar-refractivity contribution is 0.319. The third-order valence-electron chi connectivity index (χ3n) is 6.25. The molecule has 0 atom stereocenters. The molecule has 0 aliphatic carbocycles. The van der Waals surface area contributed by atoms with Crippen LogP contribution >= 0.6 is 0 Å². The fourth-order valence-corrected chi connectivity index (χ4v) is 6.30. The van der Waals surface area contributed by atoms with Gasteiger partial charge in [-0.3, -0.25) is 0 Å². The first-order valence-corrected chi connectivity index (χ1v) is 12.3. The van der Waals surface area contributed by atoms with Gasteiger partial charge in [-0.05, 0) is 61.4 Å². The maximum atomic E-state index is 13.3. The maximum Gasteiger partial charge on any atom is 0.214 e. The molecule has 4 rings (SSSR count). The van der Waals surface area contributed by atoms with E-state index in [2.05, 4.69) is 29.7 Å². The van der Waals surface area contributed by atoms with Gasteiger partial charge >= 0.3 is 0 Å². The van der Waals surface area contributed by atoms with Crippen LogP contribution in [0.15, 0.2) is 48.5 Å². The van der Waals surface area contributed by atoms with Crippen LogP contribution in [0.3, 0.4) is 0 Å². The number of aromatic nitrogens is 1. The van der Waals surface area contributed by atoms with Crippen molar-refractivity contribution in [2.45, 2.75) is 45.6 Å². The molecule has 160 valence electrons. The first-order chi connectivity index (χ1) is 14.4. The Morgan fingerprint density at radius 2 is 1.70 bits per heavy atom. The van der Waals surface area contributed by atoms with E-state index in [4.69, 9.17) is 0 Å². The minimum absolute atomic E-state index is 0.224. The highest BCUT2D eigenvalue weighted by molar-refractivity contribution is 7.89. The standard InChI is InChI=1S/C24H29FN2O2S/c1-3-16-30(28,29)26-14-12-20(13-15-26)24-18(2)27(23-7-5-4-6-22(23)24)17-19-8-10-21(25)11-9-19/h4-11,20H,3,12-17H2,1-2H3. The van der Waals surface area contributed by atoms with E-state index in [0.717, 1.165) is 18.4 Å². The minimum Gasteiger partial charge on any atom is -0.340 e. The van der Waals surface area contributed by atoms with Crippen LogP contribution in [0.5, 0.6) is 0 Å². The molecule has 0 N–H and O–H groups in total. The van der Waals surface area contributed by atoms with Crippen molar-refractivity contribution in [1.82, 2.24) is 8.87 Å². The fourth-order valence-electron chi connectivity index (χ4n) is 4.76. The van der Waals surface area contributed by atoms with Crippen molar-refractivity contribution in [2.24, 2.45) is 0 Å². The minimum atomic E-state index is -3.13. The molecule has 0 radical (unpaired) electrons. The number of rotatable bonds is 6. The van der Waals surface area contributed by atoms with E-state index in [1.165, 1.54) is 34.3 Å². The number of hydrogen-bond donors (Lipinski definition) is 0. The summed E-state index contributed by atoms with van der Waals surface area (Å²) in [6.45, 7) is 5.92. The van der Waals surface area contributed by atoms with E-state index in [9.17, 15) is 12.8 Å². The summed E-state index contributed by atoms with van der Waals surface area (Å²) >= 11 is 0. The Hall–Kier alpha value is -2.18. The predicted octanol–water partition coefficient (Wildman–Crippen LogP) is 5.06.